The molecule has 0 radical (unpaired) electrons. The zero-order valence-corrected chi connectivity index (χ0v) is 27.9. The van der Waals surface area contributed by atoms with Gasteiger partial charge in [0.15, 0.2) is 17.5 Å². The van der Waals surface area contributed by atoms with Crippen LogP contribution in [0.2, 0.25) is 0 Å². The van der Waals surface area contributed by atoms with Gasteiger partial charge in [0.25, 0.3) is 0 Å². The Morgan fingerprint density at radius 1 is 0.365 bits per heavy atom. The fraction of sp³-hybridized carbons (Fsp3) is 0. The van der Waals surface area contributed by atoms with Gasteiger partial charge >= 0.3 is 0 Å². The largest absolute Gasteiger partial charge is 0.456 e. The van der Waals surface area contributed by atoms with Gasteiger partial charge in [0.05, 0.1) is 16.7 Å². The van der Waals surface area contributed by atoms with Crippen molar-refractivity contribution in [3.8, 4) is 39.9 Å². The number of benzene rings is 8. The van der Waals surface area contributed by atoms with E-state index in [0.29, 0.717) is 17.5 Å². The van der Waals surface area contributed by atoms with Crippen molar-refractivity contribution in [1.82, 2.24) is 19.5 Å². The van der Waals surface area contributed by atoms with E-state index in [9.17, 15) is 0 Å². The van der Waals surface area contributed by atoms with Crippen molar-refractivity contribution < 1.29 is 4.42 Å². The number of nitrogens with zero attached hydrogens (tertiary/aromatic N) is 4. The second-order valence-corrected chi connectivity index (χ2v) is 13.2. The monoisotopic (exact) mass is 664 g/mol. The lowest BCUT2D eigenvalue weighted by Gasteiger charge is -2.12. The Kier molecular flexibility index (Phi) is 6.18. The number of hydrogen-bond acceptors (Lipinski definition) is 4. The molecule has 0 aliphatic heterocycles. The summed E-state index contributed by atoms with van der Waals surface area (Å²) in [5, 5.41) is 9.31. The van der Waals surface area contributed by atoms with Crippen molar-refractivity contribution in [3.05, 3.63) is 170 Å². The van der Waals surface area contributed by atoms with E-state index in [4.69, 9.17) is 19.4 Å². The topological polar surface area (TPSA) is 56.7 Å². The minimum atomic E-state index is 0.613. The van der Waals surface area contributed by atoms with Crippen molar-refractivity contribution in [3.63, 3.8) is 0 Å². The Hall–Kier alpha value is -7.11. The Morgan fingerprint density at radius 3 is 1.73 bits per heavy atom. The van der Waals surface area contributed by atoms with Gasteiger partial charge in [0, 0.05) is 43.6 Å². The average molecular weight is 665 g/mol. The Labute approximate surface area is 298 Å². The maximum Gasteiger partial charge on any atom is 0.164 e. The first-order valence-corrected chi connectivity index (χ1v) is 17.4. The summed E-state index contributed by atoms with van der Waals surface area (Å²) in [6.07, 6.45) is 0. The van der Waals surface area contributed by atoms with Crippen LogP contribution < -0.4 is 0 Å². The lowest BCUT2D eigenvalue weighted by Crippen LogP contribution is -2.00. The fourth-order valence-corrected chi connectivity index (χ4v) is 7.80. The lowest BCUT2D eigenvalue weighted by atomic mass is 10.0. The molecule has 11 aromatic rings. The molecule has 5 heteroatoms. The van der Waals surface area contributed by atoms with Gasteiger partial charge in [-0.2, -0.15) is 0 Å². The van der Waals surface area contributed by atoms with Crippen LogP contribution in [-0.2, 0) is 0 Å². The van der Waals surface area contributed by atoms with Crippen LogP contribution in [0, 0.1) is 0 Å². The average Bonchev–Trinajstić information content (AvgIpc) is 3.75. The van der Waals surface area contributed by atoms with E-state index in [2.05, 4.69) is 102 Å². The van der Waals surface area contributed by atoms with Gasteiger partial charge in [-0.3, -0.25) is 0 Å². The van der Waals surface area contributed by atoms with E-state index in [1.165, 1.54) is 32.6 Å². The zero-order valence-electron chi connectivity index (χ0n) is 27.9. The van der Waals surface area contributed by atoms with Crippen LogP contribution in [0.4, 0.5) is 0 Å². The number of aromatic nitrogens is 4. The first kappa shape index (κ1) is 28.7. The second kappa shape index (κ2) is 11.2. The number of hydrogen-bond donors (Lipinski definition) is 0. The van der Waals surface area contributed by atoms with Crippen LogP contribution in [0.5, 0.6) is 0 Å². The number of para-hydroxylation sites is 1. The SMILES string of the molecule is c1ccc(-c2nc(-c3ccccc3)nc(-c3ccc4oc5ccc6c(-n7c8ccccc8c8cc9ccccc9cc87)cccc6c5c4c3)n2)cc1. The minimum Gasteiger partial charge on any atom is -0.456 e. The summed E-state index contributed by atoms with van der Waals surface area (Å²) in [5.41, 5.74) is 7.93. The molecular weight excluding hydrogens is 637 g/mol. The summed E-state index contributed by atoms with van der Waals surface area (Å²) in [6, 6.07) is 59.2. The molecule has 3 aromatic heterocycles. The second-order valence-electron chi connectivity index (χ2n) is 13.2. The quantitative estimate of drug-likeness (QED) is 0.188. The third kappa shape index (κ3) is 4.39. The predicted molar refractivity (Wildman–Crippen MR) is 213 cm³/mol. The van der Waals surface area contributed by atoms with Crippen LogP contribution in [0.3, 0.4) is 0 Å². The van der Waals surface area contributed by atoms with Crippen LogP contribution >= 0.6 is 0 Å². The number of furan rings is 1. The summed E-state index contributed by atoms with van der Waals surface area (Å²) in [7, 11) is 0. The van der Waals surface area contributed by atoms with Gasteiger partial charge in [-0.05, 0) is 70.8 Å². The van der Waals surface area contributed by atoms with Crippen molar-refractivity contribution in [1.29, 1.82) is 0 Å². The van der Waals surface area contributed by atoms with Crippen molar-refractivity contribution >= 4 is 65.3 Å². The van der Waals surface area contributed by atoms with E-state index in [0.717, 1.165) is 55.1 Å². The molecule has 0 atom stereocenters. The molecule has 11 rings (SSSR count). The molecule has 0 amide bonds. The Morgan fingerprint density at radius 2 is 0.981 bits per heavy atom. The van der Waals surface area contributed by atoms with Gasteiger partial charge in [0.2, 0.25) is 0 Å². The summed E-state index contributed by atoms with van der Waals surface area (Å²) in [6.45, 7) is 0. The summed E-state index contributed by atoms with van der Waals surface area (Å²) >= 11 is 0. The third-order valence-corrected chi connectivity index (χ3v) is 10.2. The molecule has 242 valence electrons. The van der Waals surface area contributed by atoms with E-state index >= 15 is 0 Å². The van der Waals surface area contributed by atoms with E-state index in [-0.39, 0.29) is 0 Å². The van der Waals surface area contributed by atoms with Crippen LogP contribution in [0.15, 0.2) is 174 Å². The van der Waals surface area contributed by atoms with Gasteiger partial charge < -0.3 is 8.98 Å². The molecule has 0 saturated heterocycles. The lowest BCUT2D eigenvalue weighted by molar-refractivity contribution is 0.669. The third-order valence-electron chi connectivity index (χ3n) is 10.2. The zero-order chi connectivity index (χ0) is 34.2. The van der Waals surface area contributed by atoms with E-state index < -0.39 is 0 Å². The van der Waals surface area contributed by atoms with Crippen molar-refractivity contribution in [2.45, 2.75) is 0 Å². The van der Waals surface area contributed by atoms with Gasteiger partial charge in [-0.15, -0.1) is 0 Å². The van der Waals surface area contributed by atoms with Crippen molar-refractivity contribution in [2.24, 2.45) is 0 Å². The number of fused-ring (bicyclic) bond motifs is 9. The van der Waals surface area contributed by atoms with Gasteiger partial charge in [0.1, 0.15) is 11.2 Å². The fourth-order valence-electron chi connectivity index (χ4n) is 7.80. The normalized spacial score (nSPS) is 11.8. The molecule has 0 aliphatic rings. The first-order chi connectivity index (χ1) is 25.8. The minimum absolute atomic E-state index is 0.613. The van der Waals surface area contributed by atoms with Gasteiger partial charge in [-0.25, -0.2) is 15.0 Å². The van der Waals surface area contributed by atoms with Crippen LogP contribution in [0.25, 0.3) is 105 Å². The Bertz CT molecular complexity index is 3120. The smallest absolute Gasteiger partial charge is 0.164 e. The highest BCUT2D eigenvalue weighted by Crippen LogP contribution is 2.41. The molecule has 8 aromatic carbocycles. The molecule has 0 saturated carbocycles. The first-order valence-electron chi connectivity index (χ1n) is 17.4. The van der Waals surface area contributed by atoms with Gasteiger partial charge in [-0.1, -0.05) is 115 Å². The highest BCUT2D eigenvalue weighted by molar-refractivity contribution is 6.21. The maximum absolute atomic E-state index is 6.50. The van der Waals surface area contributed by atoms with Crippen LogP contribution in [-0.4, -0.2) is 19.5 Å². The highest BCUT2D eigenvalue weighted by atomic mass is 16.3. The molecule has 0 fully saturated rings. The molecule has 52 heavy (non-hydrogen) atoms. The molecule has 0 spiro atoms. The van der Waals surface area contributed by atoms with E-state index in [1.54, 1.807) is 0 Å². The maximum atomic E-state index is 6.50. The molecule has 0 unspecified atom stereocenters. The molecule has 5 nitrogen and oxygen atoms in total. The summed E-state index contributed by atoms with van der Waals surface area (Å²) in [5.74, 6) is 1.88. The molecule has 0 aliphatic carbocycles. The van der Waals surface area contributed by atoms with E-state index in [1.807, 2.05) is 72.8 Å². The van der Waals surface area contributed by atoms with Crippen molar-refractivity contribution in [2.75, 3.05) is 0 Å². The summed E-state index contributed by atoms with van der Waals surface area (Å²) < 4.78 is 8.91. The van der Waals surface area contributed by atoms with Crippen LogP contribution in [0.1, 0.15) is 0 Å². The molecule has 3 heterocycles. The molecule has 0 N–H and O–H groups in total. The molecular formula is C47H28N4O. The summed E-state index contributed by atoms with van der Waals surface area (Å²) in [4.78, 5) is 14.9. The predicted octanol–water partition coefficient (Wildman–Crippen LogP) is 12.2. The highest BCUT2D eigenvalue weighted by Gasteiger charge is 2.19. The molecule has 0 bridgehead atoms. The standard InChI is InChI=1S/C47H28N4O/c1-3-12-29(13-4-1)45-48-46(30-14-5-2-6-15-30)50-47(49-45)33-22-24-42-38(27-33)44-36-19-11-21-40(35(36)23-25-43(44)52-42)51-39-20-10-9-18-34(39)37-26-31-16-7-8-17-32(31)28-41(37)51/h1-28H. The number of rotatable bonds is 4. The Balaban J connectivity index is 1.15.